The van der Waals surface area contributed by atoms with Crippen molar-refractivity contribution in [1.82, 2.24) is 19.7 Å². The Kier molecular flexibility index (Phi) is 2.75. The molecule has 0 radical (unpaired) electrons. The number of fused-ring (bicyclic) bond motifs is 1. The highest BCUT2D eigenvalue weighted by molar-refractivity contribution is 9.09. The number of nitrogens with zero attached hydrogens (tertiary/aromatic N) is 4. The molecule has 2 aliphatic rings. The monoisotopic (exact) mass is 284 g/mol. The summed E-state index contributed by atoms with van der Waals surface area (Å²) in [5, 5.41) is 9.27. The molecule has 0 N–H and O–H groups in total. The Bertz CT molecular complexity index is 366. The van der Waals surface area contributed by atoms with E-state index in [-0.39, 0.29) is 0 Å². The minimum absolute atomic E-state index is 0.544. The highest BCUT2D eigenvalue weighted by atomic mass is 79.9. The van der Waals surface area contributed by atoms with Crippen LogP contribution in [0.25, 0.3) is 0 Å². The van der Waals surface area contributed by atoms with Crippen molar-refractivity contribution in [2.75, 3.05) is 18.4 Å². The smallest absolute Gasteiger partial charge is 0.147 e. The zero-order valence-electron chi connectivity index (χ0n) is 9.40. The fourth-order valence-corrected chi connectivity index (χ4v) is 3.47. The van der Waals surface area contributed by atoms with Gasteiger partial charge in [0.1, 0.15) is 12.2 Å². The SMILES string of the molecule is BrCC1(CN2CCn3cnnc3C2)CCC1. The molecule has 1 saturated carbocycles. The van der Waals surface area contributed by atoms with Gasteiger partial charge < -0.3 is 4.57 Å². The molecule has 0 amide bonds. The van der Waals surface area contributed by atoms with E-state index in [0.29, 0.717) is 5.41 Å². The lowest BCUT2D eigenvalue weighted by molar-refractivity contribution is 0.0743. The number of halogens is 1. The zero-order valence-corrected chi connectivity index (χ0v) is 11.0. The van der Waals surface area contributed by atoms with Gasteiger partial charge in [-0.1, -0.05) is 22.4 Å². The van der Waals surface area contributed by atoms with Crippen LogP contribution < -0.4 is 0 Å². The van der Waals surface area contributed by atoms with Crippen LogP contribution in [0.3, 0.4) is 0 Å². The van der Waals surface area contributed by atoms with Gasteiger partial charge in [-0.15, -0.1) is 10.2 Å². The summed E-state index contributed by atoms with van der Waals surface area (Å²) in [6.07, 6.45) is 5.99. The van der Waals surface area contributed by atoms with E-state index in [1.165, 1.54) is 25.8 Å². The van der Waals surface area contributed by atoms with Gasteiger partial charge in [-0.25, -0.2) is 0 Å². The number of alkyl halides is 1. The van der Waals surface area contributed by atoms with Gasteiger partial charge in [0.2, 0.25) is 0 Å². The first-order valence-electron chi connectivity index (χ1n) is 5.96. The van der Waals surface area contributed by atoms with Crippen LogP contribution in [0.4, 0.5) is 0 Å². The van der Waals surface area contributed by atoms with Gasteiger partial charge in [0.25, 0.3) is 0 Å². The van der Waals surface area contributed by atoms with Gasteiger partial charge in [0.15, 0.2) is 0 Å². The number of hydrogen-bond acceptors (Lipinski definition) is 3. The van der Waals surface area contributed by atoms with Crippen molar-refractivity contribution >= 4 is 15.9 Å². The van der Waals surface area contributed by atoms with Crippen molar-refractivity contribution < 1.29 is 0 Å². The van der Waals surface area contributed by atoms with Gasteiger partial charge in [0, 0.05) is 25.0 Å². The Hall–Kier alpha value is -0.420. The zero-order chi connectivity index (χ0) is 11.0. The second-order valence-corrected chi connectivity index (χ2v) is 5.70. The van der Waals surface area contributed by atoms with E-state index in [2.05, 4.69) is 35.6 Å². The first-order valence-corrected chi connectivity index (χ1v) is 7.09. The first-order chi connectivity index (χ1) is 7.81. The Labute approximate surface area is 104 Å². The average Bonchev–Trinajstić information content (AvgIpc) is 2.70. The maximum Gasteiger partial charge on any atom is 0.147 e. The highest BCUT2D eigenvalue weighted by Crippen LogP contribution is 2.43. The Morgan fingerprint density at radius 2 is 2.25 bits per heavy atom. The minimum Gasteiger partial charge on any atom is -0.315 e. The summed E-state index contributed by atoms with van der Waals surface area (Å²) in [7, 11) is 0. The van der Waals surface area contributed by atoms with Crippen molar-refractivity contribution in [3.05, 3.63) is 12.2 Å². The molecule has 0 unspecified atom stereocenters. The third-order valence-corrected chi connectivity index (χ3v) is 5.16. The molecule has 3 rings (SSSR count). The van der Waals surface area contributed by atoms with Gasteiger partial charge in [-0.3, -0.25) is 4.90 Å². The molecule has 0 atom stereocenters. The van der Waals surface area contributed by atoms with E-state index in [0.717, 1.165) is 30.8 Å². The Morgan fingerprint density at radius 1 is 1.38 bits per heavy atom. The largest absolute Gasteiger partial charge is 0.315 e. The van der Waals surface area contributed by atoms with Crippen molar-refractivity contribution in [2.45, 2.75) is 32.4 Å². The molecule has 88 valence electrons. The van der Waals surface area contributed by atoms with Gasteiger partial charge in [-0.05, 0) is 18.3 Å². The maximum atomic E-state index is 4.17. The summed E-state index contributed by atoms with van der Waals surface area (Å²) in [4.78, 5) is 2.53. The minimum atomic E-state index is 0.544. The van der Waals surface area contributed by atoms with E-state index in [9.17, 15) is 0 Å². The third kappa shape index (κ3) is 1.80. The summed E-state index contributed by atoms with van der Waals surface area (Å²) in [5.74, 6) is 1.12. The number of rotatable bonds is 3. The van der Waals surface area contributed by atoms with E-state index in [4.69, 9.17) is 0 Å². The van der Waals surface area contributed by atoms with Crippen LogP contribution in [0.5, 0.6) is 0 Å². The Morgan fingerprint density at radius 3 is 2.94 bits per heavy atom. The molecule has 5 heteroatoms. The summed E-state index contributed by atoms with van der Waals surface area (Å²) in [6, 6.07) is 0. The summed E-state index contributed by atoms with van der Waals surface area (Å²) in [5.41, 5.74) is 0.544. The van der Waals surface area contributed by atoms with Crippen molar-refractivity contribution in [1.29, 1.82) is 0 Å². The van der Waals surface area contributed by atoms with Gasteiger partial charge >= 0.3 is 0 Å². The highest BCUT2D eigenvalue weighted by Gasteiger charge is 2.38. The molecular formula is C11H17BrN4. The van der Waals surface area contributed by atoms with Crippen LogP contribution in [-0.2, 0) is 13.1 Å². The summed E-state index contributed by atoms with van der Waals surface area (Å²) in [6.45, 7) is 4.36. The molecule has 1 aliphatic heterocycles. The van der Waals surface area contributed by atoms with Crippen LogP contribution in [0, 0.1) is 5.41 Å². The lowest BCUT2D eigenvalue weighted by Gasteiger charge is -2.44. The van der Waals surface area contributed by atoms with Crippen LogP contribution in [0.2, 0.25) is 0 Å². The standard InChI is InChI=1S/C11H17BrN4/c12-7-11(2-1-3-11)8-15-4-5-16-9-13-14-10(16)6-15/h9H,1-8H2. The maximum absolute atomic E-state index is 4.17. The topological polar surface area (TPSA) is 34.0 Å². The van der Waals surface area contributed by atoms with E-state index >= 15 is 0 Å². The van der Waals surface area contributed by atoms with Crippen molar-refractivity contribution in [3.63, 3.8) is 0 Å². The average molecular weight is 285 g/mol. The van der Waals surface area contributed by atoms with E-state index in [1.807, 2.05) is 6.33 Å². The predicted octanol–water partition coefficient (Wildman–Crippen LogP) is 1.66. The van der Waals surface area contributed by atoms with Crippen LogP contribution in [-0.4, -0.2) is 38.1 Å². The second kappa shape index (κ2) is 4.11. The van der Waals surface area contributed by atoms with Crippen LogP contribution in [0.15, 0.2) is 6.33 Å². The van der Waals surface area contributed by atoms with E-state index in [1.54, 1.807) is 0 Å². The molecule has 1 aliphatic carbocycles. The van der Waals surface area contributed by atoms with Gasteiger partial charge in [0.05, 0.1) is 6.54 Å². The molecule has 0 saturated heterocycles. The lowest BCUT2D eigenvalue weighted by atomic mass is 9.70. The molecule has 4 nitrogen and oxygen atoms in total. The van der Waals surface area contributed by atoms with Gasteiger partial charge in [-0.2, -0.15) is 0 Å². The fraction of sp³-hybridized carbons (Fsp3) is 0.818. The normalized spacial score (nSPS) is 23.8. The quantitative estimate of drug-likeness (QED) is 0.792. The molecule has 1 fully saturated rings. The molecule has 0 bridgehead atoms. The summed E-state index contributed by atoms with van der Waals surface area (Å²) >= 11 is 3.67. The molecule has 0 aromatic carbocycles. The lowest BCUT2D eigenvalue weighted by Crippen LogP contribution is -2.46. The third-order valence-electron chi connectivity index (χ3n) is 3.97. The number of hydrogen-bond donors (Lipinski definition) is 0. The second-order valence-electron chi connectivity index (χ2n) is 5.14. The van der Waals surface area contributed by atoms with Crippen molar-refractivity contribution in [3.8, 4) is 0 Å². The molecule has 0 spiro atoms. The van der Waals surface area contributed by atoms with Crippen LogP contribution >= 0.6 is 15.9 Å². The first kappa shape index (κ1) is 10.7. The van der Waals surface area contributed by atoms with E-state index < -0.39 is 0 Å². The predicted molar refractivity (Wildman–Crippen MR) is 65.4 cm³/mol. The van der Waals surface area contributed by atoms with Crippen molar-refractivity contribution in [2.24, 2.45) is 5.41 Å². The molecular weight excluding hydrogens is 268 g/mol. The summed E-state index contributed by atoms with van der Waals surface area (Å²) < 4.78 is 2.16. The molecule has 16 heavy (non-hydrogen) atoms. The number of aromatic nitrogens is 3. The van der Waals surface area contributed by atoms with Crippen LogP contribution in [0.1, 0.15) is 25.1 Å². The molecule has 2 heterocycles. The molecule has 1 aromatic heterocycles. The fourth-order valence-electron chi connectivity index (χ4n) is 2.74. The molecule has 1 aromatic rings. The Balaban J connectivity index is 1.65.